The summed E-state index contributed by atoms with van der Waals surface area (Å²) in [6.45, 7) is 4.04. The summed E-state index contributed by atoms with van der Waals surface area (Å²) in [4.78, 5) is 38.1. The zero-order valence-corrected chi connectivity index (χ0v) is 12.1. The zero-order valence-electron chi connectivity index (χ0n) is 12.1. The molecule has 0 unspecified atom stereocenters. The molecule has 2 aliphatic heterocycles. The average Bonchev–Trinajstić information content (AvgIpc) is 2.80. The Labute approximate surface area is 121 Å². The highest BCUT2D eigenvalue weighted by molar-refractivity contribution is 5.99. The molecule has 0 spiro atoms. The number of nitrogens with zero attached hydrogens (tertiary/aromatic N) is 2. The Morgan fingerprint density at radius 2 is 2.14 bits per heavy atom. The molecule has 0 N–H and O–H groups in total. The van der Waals surface area contributed by atoms with Crippen molar-refractivity contribution in [3.05, 3.63) is 27.7 Å². The summed E-state index contributed by atoms with van der Waals surface area (Å²) in [5.41, 5.74) is -0.347. The van der Waals surface area contributed by atoms with Crippen LogP contribution >= 0.6 is 0 Å². The Morgan fingerprint density at radius 3 is 2.76 bits per heavy atom. The van der Waals surface area contributed by atoms with E-state index in [0.29, 0.717) is 13.2 Å². The van der Waals surface area contributed by atoms with Crippen LogP contribution in [0.25, 0.3) is 0 Å². The number of methoxy groups -OCH3 is 1. The summed E-state index contributed by atoms with van der Waals surface area (Å²) in [5.74, 6) is -0.741. The molecule has 1 fully saturated rings. The van der Waals surface area contributed by atoms with E-state index in [1.165, 1.54) is 20.2 Å². The van der Waals surface area contributed by atoms with Crippen molar-refractivity contribution in [1.29, 1.82) is 0 Å². The average molecular weight is 292 g/mol. The quantitative estimate of drug-likeness (QED) is 0.731. The zero-order chi connectivity index (χ0) is 15.3. The Bertz CT molecular complexity index is 693. The molecule has 112 valence electrons. The lowest BCUT2D eigenvalue weighted by Crippen LogP contribution is -2.49. The van der Waals surface area contributed by atoms with Gasteiger partial charge in [0.1, 0.15) is 0 Å². The van der Waals surface area contributed by atoms with Crippen molar-refractivity contribution in [2.75, 3.05) is 13.7 Å². The molecule has 0 radical (unpaired) electrons. The lowest BCUT2D eigenvalue weighted by Gasteiger charge is -2.34. The predicted octanol–water partition coefficient (Wildman–Crippen LogP) is 0.260. The molecule has 0 bridgehead atoms. The highest BCUT2D eigenvalue weighted by atomic mass is 16.5. The van der Waals surface area contributed by atoms with Crippen molar-refractivity contribution in [3.63, 3.8) is 0 Å². The number of carbonyl (C=O) groups is 2. The third-order valence-electron chi connectivity index (χ3n) is 3.93. The Morgan fingerprint density at radius 1 is 1.43 bits per heavy atom. The molecule has 7 heteroatoms. The van der Waals surface area contributed by atoms with Crippen molar-refractivity contribution in [1.82, 2.24) is 9.47 Å². The first-order chi connectivity index (χ1) is 9.95. The van der Waals surface area contributed by atoms with Gasteiger partial charge in [-0.25, -0.2) is 0 Å². The number of hydrogen-bond donors (Lipinski definition) is 0. The molecule has 2 aliphatic rings. The number of aromatic nitrogens is 1. The molecule has 1 saturated heterocycles. The molecule has 1 aromatic heterocycles. The summed E-state index contributed by atoms with van der Waals surface area (Å²) in [6.07, 6.45) is 1.05. The Kier molecular flexibility index (Phi) is 3.09. The van der Waals surface area contributed by atoms with Crippen molar-refractivity contribution in [2.45, 2.75) is 32.7 Å². The Hall–Kier alpha value is -2.15. The molecule has 2 atom stereocenters. The molecule has 1 amide bonds. The van der Waals surface area contributed by atoms with Crippen LogP contribution in [0.2, 0.25) is 0 Å². The highest BCUT2D eigenvalue weighted by Gasteiger charge is 2.42. The van der Waals surface area contributed by atoms with E-state index >= 15 is 0 Å². The molecule has 1 aromatic rings. The van der Waals surface area contributed by atoms with E-state index in [0.717, 1.165) is 0 Å². The maximum atomic E-state index is 12.6. The molecular formula is C14H16N2O5. The van der Waals surface area contributed by atoms with Gasteiger partial charge < -0.3 is 18.9 Å². The minimum atomic E-state index is -0.546. The first kappa shape index (κ1) is 13.8. The number of carbonyl (C=O) groups excluding carboxylic acids is 2. The van der Waals surface area contributed by atoms with Crippen molar-refractivity contribution < 1.29 is 19.1 Å². The summed E-state index contributed by atoms with van der Waals surface area (Å²) in [5, 5.41) is 0. The lowest BCUT2D eigenvalue weighted by atomic mass is 10.1. The minimum Gasteiger partial charge on any atom is -0.491 e. The molecule has 21 heavy (non-hydrogen) atoms. The molecule has 0 aliphatic carbocycles. The summed E-state index contributed by atoms with van der Waals surface area (Å²) in [6, 6.07) is -0.0523. The van der Waals surface area contributed by atoms with Gasteiger partial charge in [0.15, 0.2) is 23.5 Å². The van der Waals surface area contributed by atoms with E-state index in [-0.39, 0.29) is 41.0 Å². The van der Waals surface area contributed by atoms with Crippen molar-refractivity contribution in [3.8, 4) is 5.75 Å². The second-order valence-corrected chi connectivity index (χ2v) is 5.31. The van der Waals surface area contributed by atoms with Crippen LogP contribution in [0.5, 0.6) is 5.75 Å². The Balaban J connectivity index is 2.23. The SMILES string of the molecule is COc1c2n(cc(C(C)=O)c1=O)C[C@H]1OC[C@H](C)N1C2=O. The number of rotatable bonds is 2. The van der Waals surface area contributed by atoms with Gasteiger partial charge in [-0.2, -0.15) is 0 Å². The van der Waals surface area contributed by atoms with E-state index < -0.39 is 5.43 Å². The van der Waals surface area contributed by atoms with Gasteiger partial charge in [0, 0.05) is 6.20 Å². The number of ketones is 1. The van der Waals surface area contributed by atoms with Gasteiger partial charge in [-0.15, -0.1) is 0 Å². The van der Waals surface area contributed by atoms with Gasteiger partial charge in [-0.05, 0) is 13.8 Å². The number of ether oxygens (including phenoxy) is 2. The van der Waals surface area contributed by atoms with E-state index in [4.69, 9.17) is 9.47 Å². The van der Waals surface area contributed by atoms with Crippen LogP contribution in [-0.4, -0.2) is 47.1 Å². The standard InChI is InChI=1S/C14H16N2O5/c1-7-6-21-10-5-15-4-9(8(2)17)12(18)13(20-3)11(15)14(19)16(7)10/h4,7,10H,5-6H2,1-3H3/t7-,10+/m0/s1. The normalized spacial score (nSPS) is 23.8. The molecule has 0 aromatic carbocycles. The van der Waals surface area contributed by atoms with E-state index in [2.05, 4.69) is 0 Å². The van der Waals surface area contributed by atoms with Crippen LogP contribution in [-0.2, 0) is 11.3 Å². The lowest BCUT2D eigenvalue weighted by molar-refractivity contribution is 0.00623. The maximum absolute atomic E-state index is 12.6. The molecular weight excluding hydrogens is 276 g/mol. The number of pyridine rings is 1. The third kappa shape index (κ3) is 1.88. The van der Waals surface area contributed by atoms with Crippen LogP contribution in [0.15, 0.2) is 11.0 Å². The first-order valence-electron chi connectivity index (χ1n) is 6.72. The van der Waals surface area contributed by atoms with E-state index in [1.807, 2.05) is 6.92 Å². The summed E-state index contributed by atoms with van der Waals surface area (Å²) < 4.78 is 12.3. The van der Waals surface area contributed by atoms with Gasteiger partial charge in [-0.1, -0.05) is 0 Å². The molecule has 0 saturated carbocycles. The fraction of sp³-hybridized carbons (Fsp3) is 0.500. The summed E-state index contributed by atoms with van der Waals surface area (Å²) >= 11 is 0. The predicted molar refractivity (Wildman–Crippen MR) is 72.6 cm³/mol. The topological polar surface area (TPSA) is 77.8 Å². The number of fused-ring (bicyclic) bond motifs is 2. The largest absolute Gasteiger partial charge is 0.491 e. The van der Waals surface area contributed by atoms with Gasteiger partial charge >= 0.3 is 0 Å². The maximum Gasteiger partial charge on any atom is 0.276 e. The smallest absolute Gasteiger partial charge is 0.276 e. The van der Waals surface area contributed by atoms with Gasteiger partial charge in [0.05, 0.1) is 31.9 Å². The number of Topliss-reactive ketones (excluding diaryl/α,β-unsaturated/α-hetero) is 1. The monoisotopic (exact) mass is 292 g/mol. The van der Waals surface area contributed by atoms with Gasteiger partial charge in [0.25, 0.3) is 5.91 Å². The van der Waals surface area contributed by atoms with Crippen LogP contribution < -0.4 is 10.2 Å². The highest BCUT2D eigenvalue weighted by Crippen LogP contribution is 2.29. The second-order valence-electron chi connectivity index (χ2n) is 5.31. The van der Waals surface area contributed by atoms with E-state index in [1.54, 1.807) is 9.47 Å². The van der Waals surface area contributed by atoms with Crippen molar-refractivity contribution >= 4 is 11.7 Å². The van der Waals surface area contributed by atoms with Crippen LogP contribution in [0.1, 0.15) is 34.7 Å². The molecule has 3 rings (SSSR count). The van der Waals surface area contributed by atoms with Gasteiger partial charge in [0.2, 0.25) is 5.43 Å². The van der Waals surface area contributed by atoms with Crippen LogP contribution in [0.4, 0.5) is 0 Å². The number of amides is 1. The van der Waals surface area contributed by atoms with Crippen molar-refractivity contribution in [2.24, 2.45) is 0 Å². The van der Waals surface area contributed by atoms with Gasteiger partial charge in [-0.3, -0.25) is 14.4 Å². The third-order valence-corrected chi connectivity index (χ3v) is 3.93. The van der Waals surface area contributed by atoms with Crippen LogP contribution in [0, 0.1) is 0 Å². The number of hydrogen-bond acceptors (Lipinski definition) is 5. The van der Waals surface area contributed by atoms with Crippen LogP contribution in [0.3, 0.4) is 0 Å². The fourth-order valence-corrected chi connectivity index (χ4v) is 2.90. The van der Waals surface area contributed by atoms with E-state index in [9.17, 15) is 14.4 Å². The molecule has 3 heterocycles. The molecule has 7 nitrogen and oxygen atoms in total. The summed E-state index contributed by atoms with van der Waals surface area (Å²) in [7, 11) is 1.32. The first-order valence-corrected chi connectivity index (χ1v) is 6.72. The minimum absolute atomic E-state index is 0.0166. The second kappa shape index (κ2) is 4.70. The fourth-order valence-electron chi connectivity index (χ4n) is 2.90.